The highest BCUT2D eigenvalue weighted by Gasteiger charge is 2.08. The fraction of sp³-hybridized carbons (Fsp3) is 1.00. The van der Waals surface area contributed by atoms with Crippen LogP contribution in [0.4, 0.5) is 0 Å². The van der Waals surface area contributed by atoms with Crippen molar-refractivity contribution in [2.75, 3.05) is 0 Å². The second kappa shape index (κ2) is 3.92. The first-order chi connectivity index (χ1) is 5.11. The maximum absolute atomic E-state index is 7.59. The van der Waals surface area contributed by atoms with E-state index in [4.69, 9.17) is 2.74 Å². The predicted molar refractivity (Wildman–Crippen MR) is 41.5 cm³/mol. The van der Waals surface area contributed by atoms with Gasteiger partial charge in [-0.1, -0.05) is 51.8 Å². The molecule has 1 aliphatic carbocycles. The Morgan fingerprint density at radius 1 is 1.22 bits per heavy atom. The average molecular weight is 128 g/mol. The van der Waals surface area contributed by atoms with E-state index in [2.05, 4.69) is 0 Å². The normalized spacial score (nSPS) is 28.6. The van der Waals surface area contributed by atoms with Gasteiger partial charge in [0.15, 0.2) is 0 Å². The zero-order chi connectivity index (χ0) is 8.32. The standard InChI is InChI=1S/C9H18/c1-2-9-7-5-3-4-6-8-9/h9H,2-8H2,1H3/i2D2. The van der Waals surface area contributed by atoms with Gasteiger partial charge in [0.1, 0.15) is 0 Å². The third kappa shape index (κ3) is 2.38. The van der Waals surface area contributed by atoms with Gasteiger partial charge in [-0.2, -0.15) is 0 Å². The summed E-state index contributed by atoms with van der Waals surface area (Å²) in [7, 11) is 0. The van der Waals surface area contributed by atoms with Gasteiger partial charge in [0.2, 0.25) is 0 Å². The molecule has 0 heteroatoms. The van der Waals surface area contributed by atoms with Crippen LogP contribution in [0.25, 0.3) is 0 Å². The second-order valence-electron chi connectivity index (χ2n) is 2.98. The highest BCUT2D eigenvalue weighted by Crippen LogP contribution is 2.24. The molecule has 1 aliphatic rings. The zero-order valence-electron chi connectivity index (χ0n) is 8.32. The first-order valence-corrected chi connectivity index (χ1v) is 4.11. The van der Waals surface area contributed by atoms with Gasteiger partial charge in [0.25, 0.3) is 0 Å². The number of hydrogen-bond acceptors (Lipinski definition) is 0. The van der Waals surface area contributed by atoms with Crippen molar-refractivity contribution in [1.82, 2.24) is 0 Å². The summed E-state index contributed by atoms with van der Waals surface area (Å²) >= 11 is 0. The molecule has 0 unspecified atom stereocenters. The Morgan fingerprint density at radius 2 is 1.78 bits per heavy atom. The van der Waals surface area contributed by atoms with E-state index in [-0.39, 0.29) is 0 Å². The Labute approximate surface area is 61.5 Å². The molecule has 0 saturated heterocycles. The van der Waals surface area contributed by atoms with E-state index < -0.39 is 6.37 Å². The van der Waals surface area contributed by atoms with Crippen LogP contribution in [0, 0.1) is 5.92 Å². The van der Waals surface area contributed by atoms with E-state index in [9.17, 15) is 0 Å². The molecule has 1 rings (SSSR count). The second-order valence-corrected chi connectivity index (χ2v) is 2.98. The van der Waals surface area contributed by atoms with E-state index in [1.54, 1.807) is 6.92 Å². The molecule has 1 saturated carbocycles. The van der Waals surface area contributed by atoms with Crippen LogP contribution in [0.2, 0.25) is 0 Å². The minimum absolute atomic E-state index is 0.324. The summed E-state index contributed by atoms with van der Waals surface area (Å²) in [5.41, 5.74) is 0. The summed E-state index contributed by atoms with van der Waals surface area (Å²) in [5.74, 6) is 0.324. The maximum atomic E-state index is 7.59. The van der Waals surface area contributed by atoms with Crippen LogP contribution >= 0.6 is 0 Å². The van der Waals surface area contributed by atoms with Gasteiger partial charge in [0, 0.05) is 2.74 Å². The number of rotatable bonds is 1. The van der Waals surface area contributed by atoms with E-state index in [1.165, 1.54) is 25.7 Å². The minimum atomic E-state index is -0.940. The maximum Gasteiger partial charge on any atom is 0.0267 e. The summed E-state index contributed by atoms with van der Waals surface area (Å²) in [6, 6.07) is 0. The van der Waals surface area contributed by atoms with Crippen molar-refractivity contribution in [1.29, 1.82) is 0 Å². The molecule has 0 bridgehead atoms. The molecule has 0 atom stereocenters. The third-order valence-corrected chi connectivity index (χ3v) is 2.26. The van der Waals surface area contributed by atoms with E-state index in [1.807, 2.05) is 0 Å². The van der Waals surface area contributed by atoms with Crippen molar-refractivity contribution < 1.29 is 2.74 Å². The fourth-order valence-electron chi connectivity index (χ4n) is 1.57. The minimum Gasteiger partial charge on any atom is -0.0651 e. The van der Waals surface area contributed by atoms with Crippen LogP contribution in [-0.4, -0.2) is 0 Å². The van der Waals surface area contributed by atoms with Crippen LogP contribution < -0.4 is 0 Å². The Bertz CT molecular complexity index is 107. The molecule has 1 fully saturated rings. The average Bonchev–Trinajstić information content (AvgIpc) is 2.10. The first-order valence-electron chi connectivity index (χ1n) is 5.11. The third-order valence-electron chi connectivity index (χ3n) is 2.26. The summed E-state index contributed by atoms with van der Waals surface area (Å²) in [6.45, 7) is 1.73. The van der Waals surface area contributed by atoms with Crippen molar-refractivity contribution in [2.45, 2.75) is 51.8 Å². The Hall–Kier alpha value is 0. The quantitative estimate of drug-likeness (QED) is 0.475. The molecule has 0 radical (unpaired) electrons. The molecule has 0 amide bonds. The molecule has 0 aromatic heterocycles. The Morgan fingerprint density at radius 3 is 2.22 bits per heavy atom. The zero-order valence-corrected chi connectivity index (χ0v) is 6.32. The topological polar surface area (TPSA) is 0 Å². The molecule has 0 aliphatic heterocycles. The largest absolute Gasteiger partial charge is 0.0651 e. The van der Waals surface area contributed by atoms with Crippen molar-refractivity contribution in [3.63, 3.8) is 0 Å². The lowest BCUT2D eigenvalue weighted by Crippen LogP contribution is -1.94. The van der Waals surface area contributed by atoms with E-state index in [0.29, 0.717) is 5.92 Å². The fourth-order valence-corrected chi connectivity index (χ4v) is 1.57. The van der Waals surface area contributed by atoms with Crippen molar-refractivity contribution in [3.05, 3.63) is 0 Å². The number of hydrogen-bond donors (Lipinski definition) is 0. The summed E-state index contributed by atoms with van der Waals surface area (Å²) in [6.07, 6.45) is 6.35. The van der Waals surface area contributed by atoms with E-state index >= 15 is 0 Å². The molecule has 0 aromatic carbocycles. The van der Waals surface area contributed by atoms with Crippen LogP contribution in [0.1, 0.15) is 54.6 Å². The summed E-state index contributed by atoms with van der Waals surface area (Å²) in [5, 5.41) is 0. The van der Waals surface area contributed by atoms with Crippen molar-refractivity contribution in [3.8, 4) is 0 Å². The van der Waals surface area contributed by atoms with Crippen molar-refractivity contribution in [2.24, 2.45) is 5.92 Å². The van der Waals surface area contributed by atoms with E-state index in [0.717, 1.165) is 12.8 Å². The molecule has 9 heavy (non-hydrogen) atoms. The molecular formula is C9H18. The summed E-state index contributed by atoms with van der Waals surface area (Å²) in [4.78, 5) is 0. The van der Waals surface area contributed by atoms with Gasteiger partial charge in [-0.3, -0.25) is 0 Å². The van der Waals surface area contributed by atoms with Crippen LogP contribution in [0.15, 0.2) is 0 Å². The van der Waals surface area contributed by atoms with Gasteiger partial charge in [-0.25, -0.2) is 0 Å². The first kappa shape index (κ1) is 4.76. The molecule has 54 valence electrons. The van der Waals surface area contributed by atoms with Crippen LogP contribution in [-0.2, 0) is 0 Å². The van der Waals surface area contributed by atoms with Gasteiger partial charge in [-0.05, 0) is 5.92 Å². The van der Waals surface area contributed by atoms with Gasteiger partial charge < -0.3 is 0 Å². The van der Waals surface area contributed by atoms with Crippen molar-refractivity contribution >= 4 is 0 Å². The van der Waals surface area contributed by atoms with Crippen LogP contribution in [0.3, 0.4) is 0 Å². The molecule has 0 spiro atoms. The molecular weight excluding hydrogens is 108 g/mol. The summed E-state index contributed by atoms with van der Waals surface area (Å²) < 4.78 is 15.2. The monoisotopic (exact) mass is 128 g/mol. The molecule has 0 N–H and O–H groups in total. The van der Waals surface area contributed by atoms with Crippen LogP contribution in [0.5, 0.6) is 0 Å². The Kier molecular flexibility index (Phi) is 2.07. The highest BCUT2D eigenvalue weighted by molar-refractivity contribution is 4.62. The lowest BCUT2D eigenvalue weighted by Gasteiger charge is -2.08. The van der Waals surface area contributed by atoms with Gasteiger partial charge >= 0.3 is 0 Å². The molecule has 0 aromatic rings. The highest BCUT2D eigenvalue weighted by atomic mass is 14.1. The lowest BCUT2D eigenvalue weighted by molar-refractivity contribution is 0.446. The Balaban J connectivity index is 2.43. The van der Waals surface area contributed by atoms with Gasteiger partial charge in [0.05, 0.1) is 0 Å². The SMILES string of the molecule is [2H]C([2H])(C)C1CCCCCC1. The lowest BCUT2D eigenvalue weighted by atomic mass is 9.98. The molecule has 0 heterocycles. The molecule has 0 nitrogen and oxygen atoms in total. The van der Waals surface area contributed by atoms with Gasteiger partial charge in [-0.15, -0.1) is 0 Å². The smallest absolute Gasteiger partial charge is 0.0267 e. The predicted octanol–water partition coefficient (Wildman–Crippen LogP) is 3.37.